The van der Waals surface area contributed by atoms with Crippen molar-refractivity contribution in [3.8, 4) is 0 Å². The predicted octanol–water partition coefficient (Wildman–Crippen LogP) is 2.84. The van der Waals surface area contributed by atoms with Crippen LogP contribution in [0.4, 0.5) is 11.4 Å². The van der Waals surface area contributed by atoms with Crippen LogP contribution in [0, 0.1) is 0 Å². The number of rotatable bonds is 8. The van der Waals surface area contributed by atoms with Crippen LogP contribution in [0.25, 0.3) is 0 Å². The lowest BCUT2D eigenvalue weighted by molar-refractivity contribution is -0.333. The number of nitrogen functional groups attached to an aromatic ring is 1. The first-order valence-electron chi connectivity index (χ1n) is 9.07. The molecule has 2 rings (SSSR count). The van der Waals surface area contributed by atoms with E-state index in [-0.39, 0.29) is 5.41 Å². The van der Waals surface area contributed by atoms with E-state index < -0.39 is 12.2 Å². The minimum Gasteiger partial charge on any atom is -0.399 e. The molecule has 0 radical (unpaired) electrons. The van der Waals surface area contributed by atoms with Gasteiger partial charge in [0.25, 0.3) is 0 Å². The summed E-state index contributed by atoms with van der Waals surface area (Å²) in [4.78, 5) is 1.84. The highest BCUT2D eigenvalue weighted by molar-refractivity contribution is 5.64. The molecule has 1 atom stereocenters. The van der Waals surface area contributed by atoms with Crippen molar-refractivity contribution in [2.24, 2.45) is 0 Å². The van der Waals surface area contributed by atoms with Crippen LogP contribution in [0.1, 0.15) is 46.6 Å². The van der Waals surface area contributed by atoms with Crippen molar-refractivity contribution >= 4 is 11.4 Å². The predicted molar refractivity (Wildman–Crippen MR) is 99.5 cm³/mol. The van der Waals surface area contributed by atoms with Crippen molar-refractivity contribution in [3.63, 3.8) is 0 Å². The third-order valence-corrected chi connectivity index (χ3v) is 4.69. The summed E-state index contributed by atoms with van der Waals surface area (Å²) >= 11 is 0. The van der Waals surface area contributed by atoms with Crippen molar-refractivity contribution in [3.05, 3.63) is 23.8 Å². The summed E-state index contributed by atoms with van der Waals surface area (Å²) in [7, 11) is 0. The third-order valence-electron chi connectivity index (χ3n) is 4.69. The largest absolute Gasteiger partial charge is 0.399 e. The Morgan fingerprint density at radius 3 is 2.40 bits per heavy atom. The van der Waals surface area contributed by atoms with Gasteiger partial charge < -0.3 is 30.0 Å². The summed E-state index contributed by atoms with van der Waals surface area (Å²) in [6, 6.07) is 5.75. The molecule has 1 aliphatic heterocycles. The van der Waals surface area contributed by atoms with Crippen LogP contribution in [-0.2, 0) is 19.6 Å². The van der Waals surface area contributed by atoms with E-state index in [1.54, 1.807) is 0 Å². The van der Waals surface area contributed by atoms with Crippen molar-refractivity contribution < 1.29 is 19.3 Å². The third kappa shape index (κ3) is 3.92. The van der Waals surface area contributed by atoms with Gasteiger partial charge in [0, 0.05) is 37.7 Å². The maximum atomic E-state index is 11.5. The van der Waals surface area contributed by atoms with Gasteiger partial charge in [-0.15, -0.1) is 0 Å². The van der Waals surface area contributed by atoms with Gasteiger partial charge in [0.2, 0.25) is 6.29 Å². The van der Waals surface area contributed by atoms with Gasteiger partial charge in [-0.05, 0) is 56.4 Å². The molecular weight excluding hydrogens is 320 g/mol. The standard InChI is InChI=1S/C19H32N2O4/c1-6-23-17(24-7-2)19(22,25-8-3)21-12-11-18(4,5)15-13-14(20)9-10-16(15)21/h9-10,13,17,22H,6-8,11-12,20H2,1-5H3. The second-order valence-electron chi connectivity index (χ2n) is 6.90. The fourth-order valence-corrected chi connectivity index (χ4v) is 3.36. The average Bonchev–Trinajstić information content (AvgIpc) is 2.55. The molecule has 1 aromatic rings. The number of ether oxygens (including phenoxy) is 3. The van der Waals surface area contributed by atoms with Gasteiger partial charge in [0.1, 0.15) is 0 Å². The van der Waals surface area contributed by atoms with E-state index in [4.69, 9.17) is 19.9 Å². The minimum atomic E-state index is -1.71. The monoisotopic (exact) mass is 352 g/mol. The molecule has 1 aliphatic rings. The van der Waals surface area contributed by atoms with Gasteiger partial charge in [-0.25, -0.2) is 0 Å². The Kier molecular flexibility index (Phi) is 6.32. The Hall–Kier alpha value is -1.34. The van der Waals surface area contributed by atoms with E-state index in [0.717, 1.165) is 17.7 Å². The summed E-state index contributed by atoms with van der Waals surface area (Å²) in [5.41, 5.74) is 8.66. The van der Waals surface area contributed by atoms with Crippen molar-refractivity contribution in [1.29, 1.82) is 0 Å². The highest BCUT2D eigenvalue weighted by Gasteiger charge is 2.49. The number of nitrogens with two attached hydrogens (primary N) is 1. The first-order valence-corrected chi connectivity index (χ1v) is 9.07. The molecule has 0 fully saturated rings. The molecule has 0 saturated heterocycles. The lowest BCUT2D eigenvalue weighted by Crippen LogP contribution is -2.63. The van der Waals surface area contributed by atoms with Crippen LogP contribution in [-0.4, -0.2) is 43.7 Å². The van der Waals surface area contributed by atoms with Crippen LogP contribution in [0.5, 0.6) is 0 Å². The molecule has 3 N–H and O–H groups in total. The number of hydrogen-bond donors (Lipinski definition) is 2. The number of fused-ring (bicyclic) bond motifs is 1. The number of aliphatic hydroxyl groups is 1. The van der Waals surface area contributed by atoms with Crippen LogP contribution in [0.3, 0.4) is 0 Å². The van der Waals surface area contributed by atoms with E-state index in [9.17, 15) is 5.11 Å². The minimum absolute atomic E-state index is 0.0406. The summed E-state index contributed by atoms with van der Waals surface area (Å²) in [5.74, 6) is -1.71. The van der Waals surface area contributed by atoms with Gasteiger partial charge in [0.05, 0.1) is 0 Å². The number of nitrogens with zero attached hydrogens (tertiary/aromatic N) is 1. The van der Waals surface area contributed by atoms with Gasteiger partial charge in [-0.2, -0.15) is 0 Å². The number of benzene rings is 1. The molecule has 1 unspecified atom stereocenters. The fraction of sp³-hybridized carbons (Fsp3) is 0.684. The number of hydrogen-bond acceptors (Lipinski definition) is 6. The highest BCUT2D eigenvalue weighted by Crippen LogP contribution is 2.44. The Morgan fingerprint density at radius 2 is 1.84 bits per heavy atom. The van der Waals surface area contributed by atoms with Crippen LogP contribution < -0.4 is 10.6 Å². The van der Waals surface area contributed by atoms with Gasteiger partial charge >= 0.3 is 5.91 Å². The lowest BCUT2D eigenvalue weighted by Gasteiger charge is -2.49. The highest BCUT2D eigenvalue weighted by atomic mass is 16.8. The molecule has 0 spiro atoms. The van der Waals surface area contributed by atoms with E-state index >= 15 is 0 Å². The van der Waals surface area contributed by atoms with E-state index in [1.807, 2.05) is 43.9 Å². The van der Waals surface area contributed by atoms with Crippen molar-refractivity contribution in [1.82, 2.24) is 0 Å². The lowest BCUT2D eigenvalue weighted by atomic mass is 9.77. The zero-order valence-electron chi connectivity index (χ0n) is 16.0. The summed E-state index contributed by atoms with van der Waals surface area (Å²) in [6.07, 6.45) is -0.0573. The molecule has 0 bridgehead atoms. The zero-order valence-corrected chi connectivity index (χ0v) is 16.0. The maximum Gasteiger partial charge on any atom is 0.303 e. The second kappa shape index (κ2) is 7.91. The topological polar surface area (TPSA) is 77.2 Å². The second-order valence-corrected chi connectivity index (χ2v) is 6.90. The zero-order chi connectivity index (χ0) is 18.7. The summed E-state index contributed by atoms with van der Waals surface area (Å²) < 4.78 is 17.2. The molecule has 6 heteroatoms. The smallest absolute Gasteiger partial charge is 0.303 e. The molecular formula is C19H32N2O4. The molecule has 0 saturated carbocycles. The van der Waals surface area contributed by atoms with Crippen LogP contribution in [0.2, 0.25) is 0 Å². The Labute approximate surface area is 150 Å². The first-order chi connectivity index (χ1) is 11.8. The van der Waals surface area contributed by atoms with Gasteiger partial charge in [-0.3, -0.25) is 0 Å². The Bertz CT molecular complexity index is 573. The Morgan fingerprint density at radius 1 is 1.20 bits per heavy atom. The molecule has 0 amide bonds. The maximum absolute atomic E-state index is 11.5. The molecule has 0 aliphatic carbocycles. The molecule has 25 heavy (non-hydrogen) atoms. The fourth-order valence-electron chi connectivity index (χ4n) is 3.36. The van der Waals surface area contributed by atoms with E-state index in [0.29, 0.717) is 32.1 Å². The van der Waals surface area contributed by atoms with Crippen LogP contribution in [0.15, 0.2) is 18.2 Å². The summed E-state index contributed by atoms with van der Waals surface area (Å²) in [5, 5.41) is 11.5. The molecule has 142 valence electrons. The quantitative estimate of drug-likeness (QED) is 0.553. The molecule has 0 aromatic heterocycles. The normalized spacial score (nSPS) is 18.9. The molecule has 1 aromatic carbocycles. The van der Waals surface area contributed by atoms with Gasteiger partial charge in [0.15, 0.2) is 0 Å². The van der Waals surface area contributed by atoms with Gasteiger partial charge in [-0.1, -0.05) is 13.8 Å². The van der Waals surface area contributed by atoms with E-state index in [2.05, 4.69) is 13.8 Å². The number of anilines is 2. The SMILES string of the molecule is CCOC(OCC)C(O)(OCC)N1CCC(C)(C)c2cc(N)ccc21. The van der Waals surface area contributed by atoms with Crippen molar-refractivity contribution in [2.75, 3.05) is 37.0 Å². The van der Waals surface area contributed by atoms with E-state index in [1.165, 1.54) is 0 Å². The Balaban J connectivity index is 2.51. The average molecular weight is 352 g/mol. The first kappa shape index (κ1) is 20.0. The van der Waals surface area contributed by atoms with Crippen LogP contribution >= 0.6 is 0 Å². The summed E-state index contributed by atoms with van der Waals surface area (Å²) in [6.45, 7) is 11.7. The van der Waals surface area contributed by atoms with Crippen molar-refractivity contribution in [2.45, 2.75) is 58.7 Å². The molecule has 6 nitrogen and oxygen atoms in total. The molecule has 1 heterocycles.